The molecule has 80 valence electrons. The summed E-state index contributed by atoms with van der Waals surface area (Å²) in [6.45, 7) is 8.18. The molecule has 2 aliphatic carbocycles. The maximum absolute atomic E-state index is 5.99. The van der Waals surface area contributed by atoms with E-state index < -0.39 is 0 Å². The first-order valence-electron chi connectivity index (χ1n) is 5.80. The Morgan fingerprint density at radius 3 is 2.64 bits per heavy atom. The van der Waals surface area contributed by atoms with Crippen LogP contribution in [0.25, 0.3) is 0 Å². The van der Waals surface area contributed by atoms with Gasteiger partial charge in [0.2, 0.25) is 0 Å². The van der Waals surface area contributed by atoms with Crippen molar-refractivity contribution in [3.8, 4) is 0 Å². The van der Waals surface area contributed by atoms with E-state index in [4.69, 9.17) is 4.74 Å². The predicted octanol–water partition coefficient (Wildman–Crippen LogP) is 2.10. The Balaban J connectivity index is 2.06. The first-order chi connectivity index (χ1) is 6.48. The molecule has 2 saturated carbocycles. The third-order valence-electron chi connectivity index (χ3n) is 5.69. The number of hydrogen-bond acceptors (Lipinski definition) is 2. The minimum Gasteiger partial charge on any atom is -0.361 e. The minimum atomic E-state index is 0.424. The van der Waals surface area contributed by atoms with Crippen molar-refractivity contribution < 1.29 is 4.74 Å². The van der Waals surface area contributed by atoms with Crippen LogP contribution in [0.2, 0.25) is 0 Å². The number of hydrogen-bond donors (Lipinski definition) is 0. The molecule has 0 spiro atoms. The fourth-order valence-electron chi connectivity index (χ4n) is 4.36. The number of ether oxygens (including phenoxy) is 1. The van der Waals surface area contributed by atoms with Gasteiger partial charge in [-0.3, -0.25) is 4.90 Å². The highest BCUT2D eigenvalue weighted by molar-refractivity contribution is 5.19. The van der Waals surface area contributed by atoms with Crippen LogP contribution >= 0.6 is 0 Å². The molecule has 3 fully saturated rings. The summed E-state index contributed by atoms with van der Waals surface area (Å²) in [5.74, 6) is 0.852. The highest BCUT2D eigenvalue weighted by Gasteiger charge is 2.69. The molecule has 2 bridgehead atoms. The van der Waals surface area contributed by atoms with E-state index in [9.17, 15) is 0 Å². The Morgan fingerprint density at radius 1 is 1.29 bits per heavy atom. The van der Waals surface area contributed by atoms with Gasteiger partial charge < -0.3 is 4.74 Å². The smallest absolute Gasteiger partial charge is 0.0996 e. The summed E-state index contributed by atoms with van der Waals surface area (Å²) < 4.78 is 5.99. The molecule has 3 rings (SSSR count). The zero-order valence-corrected chi connectivity index (χ0v) is 9.71. The highest BCUT2D eigenvalue weighted by Crippen LogP contribution is 2.68. The van der Waals surface area contributed by atoms with Crippen molar-refractivity contribution in [3.63, 3.8) is 0 Å². The van der Waals surface area contributed by atoms with Crippen LogP contribution < -0.4 is 0 Å². The second-order valence-electron chi connectivity index (χ2n) is 6.25. The molecule has 0 aromatic heterocycles. The summed E-state index contributed by atoms with van der Waals surface area (Å²) in [5.41, 5.74) is 0.893. The maximum atomic E-state index is 5.99. The fraction of sp³-hybridized carbons (Fsp3) is 1.00. The number of nitrogens with zero attached hydrogens (tertiary/aromatic N) is 1. The van der Waals surface area contributed by atoms with Gasteiger partial charge in [-0.25, -0.2) is 0 Å². The summed E-state index contributed by atoms with van der Waals surface area (Å²) in [4.78, 5) is 2.42. The molecule has 0 unspecified atom stereocenters. The SMILES string of the molecule is CN1CO[C@H]2[C@@H]1[C@@H]1CC[C@@]2(C)C1(C)C. The summed E-state index contributed by atoms with van der Waals surface area (Å²) in [7, 11) is 2.21. The summed E-state index contributed by atoms with van der Waals surface area (Å²) in [5, 5.41) is 0. The van der Waals surface area contributed by atoms with Crippen LogP contribution in [-0.4, -0.2) is 30.8 Å². The molecule has 0 radical (unpaired) electrons. The molecule has 1 heterocycles. The van der Waals surface area contributed by atoms with Crippen LogP contribution in [0.4, 0.5) is 0 Å². The van der Waals surface area contributed by atoms with E-state index in [1.165, 1.54) is 12.8 Å². The standard InChI is InChI=1S/C12H21NO/c1-11(2)8-5-6-12(11,3)10-9(8)13(4)7-14-10/h8-10H,5-7H2,1-4H3/t8-,9-,10-,12+/m0/s1. The first-order valence-corrected chi connectivity index (χ1v) is 5.80. The Morgan fingerprint density at radius 2 is 2.00 bits per heavy atom. The molecule has 2 heteroatoms. The molecule has 0 amide bonds. The number of rotatable bonds is 0. The van der Waals surface area contributed by atoms with Crippen LogP contribution in [0.5, 0.6) is 0 Å². The van der Waals surface area contributed by atoms with Gasteiger partial charge in [-0.15, -0.1) is 0 Å². The van der Waals surface area contributed by atoms with Crippen LogP contribution in [-0.2, 0) is 4.74 Å². The lowest BCUT2D eigenvalue weighted by Crippen LogP contribution is -2.40. The van der Waals surface area contributed by atoms with E-state index in [0.717, 1.165) is 12.6 Å². The Bertz CT molecular complexity index is 271. The van der Waals surface area contributed by atoms with E-state index >= 15 is 0 Å². The van der Waals surface area contributed by atoms with Gasteiger partial charge in [-0.1, -0.05) is 20.8 Å². The predicted molar refractivity (Wildman–Crippen MR) is 55.9 cm³/mol. The number of fused-ring (bicyclic) bond motifs is 5. The van der Waals surface area contributed by atoms with Gasteiger partial charge in [-0.05, 0) is 31.2 Å². The molecule has 3 aliphatic rings. The lowest BCUT2D eigenvalue weighted by atomic mass is 9.70. The zero-order valence-electron chi connectivity index (χ0n) is 9.71. The van der Waals surface area contributed by atoms with Gasteiger partial charge in [0, 0.05) is 11.5 Å². The summed E-state index contributed by atoms with van der Waals surface area (Å²) in [6, 6.07) is 0.698. The molecule has 4 atom stereocenters. The van der Waals surface area contributed by atoms with Crippen molar-refractivity contribution in [2.75, 3.05) is 13.8 Å². The molecule has 1 aliphatic heterocycles. The number of likely N-dealkylation sites (N-methyl/N-ethyl adjacent to an activating group) is 1. The summed E-state index contributed by atoms with van der Waals surface area (Å²) in [6.07, 6.45) is 3.26. The average Bonchev–Trinajstić information content (AvgIpc) is 2.63. The normalized spacial score (nSPS) is 55.3. The Labute approximate surface area is 86.6 Å². The zero-order chi connectivity index (χ0) is 10.1. The minimum absolute atomic E-state index is 0.424. The van der Waals surface area contributed by atoms with Crippen molar-refractivity contribution in [2.24, 2.45) is 16.7 Å². The van der Waals surface area contributed by atoms with E-state index in [2.05, 4.69) is 32.7 Å². The monoisotopic (exact) mass is 195 g/mol. The van der Waals surface area contributed by atoms with Crippen molar-refractivity contribution in [2.45, 2.75) is 45.8 Å². The second-order valence-corrected chi connectivity index (χ2v) is 6.25. The Kier molecular flexibility index (Phi) is 1.54. The lowest BCUT2D eigenvalue weighted by molar-refractivity contribution is -0.0228. The van der Waals surface area contributed by atoms with Gasteiger partial charge in [0.15, 0.2) is 0 Å². The molecule has 1 saturated heterocycles. The molecular weight excluding hydrogens is 174 g/mol. The lowest BCUT2D eigenvalue weighted by Gasteiger charge is -2.37. The van der Waals surface area contributed by atoms with Crippen LogP contribution in [0.15, 0.2) is 0 Å². The molecular formula is C12H21NO. The average molecular weight is 195 g/mol. The van der Waals surface area contributed by atoms with Gasteiger partial charge in [-0.2, -0.15) is 0 Å². The molecule has 0 aromatic rings. The van der Waals surface area contributed by atoms with Crippen molar-refractivity contribution in [1.82, 2.24) is 4.90 Å². The van der Waals surface area contributed by atoms with Crippen LogP contribution in [0.1, 0.15) is 33.6 Å². The van der Waals surface area contributed by atoms with Gasteiger partial charge in [0.05, 0.1) is 12.8 Å². The highest BCUT2D eigenvalue weighted by atomic mass is 16.5. The van der Waals surface area contributed by atoms with Crippen molar-refractivity contribution >= 4 is 0 Å². The van der Waals surface area contributed by atoms with Crippen LogP contribution in [0, 0.1) is 16.7 Å². The van der Waals surface area contributed by atoms with Gasteiger partial charge in [0.1, 0.15) is 0 Å². The molecule has 0 aromatic carbocycles. The third kappa shape index (κ3) is 0.737. The largest absolute Gasteiger partial charge is 0.361 e. The second kappa shape index (κ2) is 2.35. The van der Waals surface area contributed by atoms with E-state index in [1.54, 1.807) is 0 Å². The maximum Gasteiger partial charge on any atom is 0.0996 e. The summed E-state index contributed by atoms with van der Waals surface area (Å²) >= 11 is 0. The molecule has 2 nitrogen and oxygen atoms in total. The van der Waals surface area contributed by atoms with E-state index in [1.807, 2.05) is 0 Å². The Hall–Kier alpha value is -0.0800. The molecule has 0 N–H and O–H groups in total. The van der Waals surface area contributed by atoms with E-state index in [0.29, 0.717) is 23.0 Å². The van der Waals surface area contributed by atoms with E-state index in [-0.39, 0.29) is 0 Å². The topological polar surface area (TPSA) is 12.5 Å². The van der Waals surface area contributed by atoms with Gasteiger partial charge in [0.25, 0.3) is 0 Å². The van der Waals surface area contributed by atoms with Gasteiger partial charge >= 0.3 is 0 Å². The first kappa shape index (κ1) is 9.17. The molecule has 14 heavy (non-hydrogen) atoms. The van der Waals surface area contributed by atoms with Crippen molar-refractivity contribution in [1.29, 1.82) is 0 Å². The fourth-order valence-corrected chi connectivity index (χ4v) is 4.36. The third-order valence-corrected chi connectivity index (χ3v) is 5.69. The van der Waals surface area contributed by atoms with Crippen LogP contribution in [0.3, 0.4) is 0 Å². The quantitative estimate of drug-likeness (QED) is 0.587. The van der Waals surface area contributed by atoms with Crippen molar-refractivity contribution in [3.05, 3.63) is 0 Å².